The van der Waals surface area contributed by atoms with Gasteiger partial charge < -0.3 is 25.3 Å². The maximum Gasteiger partial charge on any atom is 0.257 e. The summed E-state index contributed by atoms with van der Waals surface area (Å²) in [4.78, 5) is 26.9. The van der Waals surface area contributed by atoms with Crippen LogP contribution in [0.2, 0.25) is 5.02 Å². The van der Waals surface area contributed by atoms with Crippen molar-refractivity contribution in [3.8, 4) is 16.9 Å². The lowest BCUT2D eigenvalue weighted by Crippen LogP contribution is -2.49. The summed E-state index contributed by atoms with van der Waals surface area (Å²) in [5.74, 6) is -0.225. The van der Waals surface area contributed by atoms with Crippen molar-refractivity contribution in [3.05, 3.63) is 65.3 Å². The molecule has 2 fully saturated rings. The van der Waals surface area contributed by atoms with Crippen LogP contribution in [0.5, 0.6) is 5.75 Å². The van der Waals surface area contributed by atoms with Crippen LogP contribution >= 0.6 is 11.6 Å². The van der Waals surface area contributed by atoms with Crippen molar-refractivity contribution in [2.45, 2.75) is 37.8 Å². The molecule has 9 nitrogen and oxygen atoms in total. The number of ether oxygens (including phenoxy) is 1. The number of halogens is 2. The van der Waals surface area contributed by atoms with E-state index in [2.05, 4.69) is 42.9 Å². The maximum absolute atomic E-state index is 13.8. The molecule has 4 aromatic rings. The number of nitrogen functional groups attached to an aromatic ring is 1. The number of piperazine rings is 1. The number of fused-ring (bicyclic) bond motifs is 1. The van der Waals surface area contributed by atoms with Gasteiger partial charge in [0.1, 0.15) is 29.4 Å². The quantitative estimate of drug-likeness (QED) is 0.307. The number of rotatable bonds is 6. The fraction of sp³-hybridized carbons (Fsp3) is 0.387. The summed E-state index contributed by atoms with van der Waals surface area (Å²) in [5, 5.41) is 3.74. The number of likely N-dealkylation sites (N-methyl/N-ethyl adjacent to an activating group) is 1. The Morgan fingerprint density at radius 2 is 1.79 bits per heavy atom. The number of hydrogen-bond donors (Lipinski definition) is 2. The highest BCUT2D eigenvalue weighted by atomic mass is 35.5. The number of nitrogens with zero attached hydrogens (tertiary/aromatic N) is 5. The van der Waals surface area contributed by atoms with Gasteiger partial charge in [-0.15, -0.1) is 0 Å². The summed E-state index contributed by atoms with van der Waals surface area (Å²) in [6.45, 7) is 4.54. The highest BCUT2D eigenvalue weighted by molar-refractivity contribution is 6.34. The van der Waals surface area contributed by atoms with Gasteiger partial charge in [0, 0.05) is 50.0 Å². The van der Waals surface area contributed by atoms with E-state index in [0.29, 0.717) is 29.3 Å². The van der Waals surface area contributed by atoms with Crippen molar-refractivity contribution >= 4 is 40.0 Å². The Hall–Kier alpha value is -3.73. The van der Waals surface area contributed by atoms with E-state index in [0.717, 1.165) is 80.1 Å². The van der Waals surface area contributed by atoms with E-state index in [9.17, 15) is 9.18 Å². The van der Waals surface area contributed by atoms with Crippen LogP contribution < -0.4 is 15.8 Å². The molecule has 1 aliphatic heterocycles. The van der Waals surface area contributed by atoms with Crippen LogP contribution in [0, 0.1) is 5.82 Å². The molecule has 42 heavy (non-hydrogen) atoms. The summed E-state index contributed by atoms with van der Waals surface area (Å²) in [6.07, 6.45) is 8.09. The number of carbonyl (C=O) groups is 1. The van der Waals surface area contributed by atoms with Crippen LogP contribution in [0.4, 0.5) is 15.9 Å². The lowest BCUT2D eigenvalue weighted by Gasteiger charge is -2.41. The summed E-state index contributed by atoms with van der Waals surface area (Å²) in [7, 11) is 3.72. The molecule has 0 atom stereocenters. The molecule has 11 heteroatoms. The molecular formula is C31H35ClFN7O2. The second-order valence-electron chi connectivity index (χ2n) is 11.2. The van der Waals surface area contributed by atoms with Gasteiger partial charge in [0.2, 0.25) is 0 Å². The number of nitrogens with one attached hydrogen (secondary N) is 1. The number of amides is 1. The number of methoxy groups -OCH3 is 1. The average Bonchev–Trinajstić information content (AvgIpc) is 3.40. The Labute approximate surface area is 249 Å². The zero-order valence-corrected chi connectivity index (χ0v) is 24.6. The first kappa shape index (κ1) is 28.4. The van der Waals surface area contributed by atoms with Gasteiger partial charge in [0.25, 0.3) is 5.91 Å². The van der Waals surface area contributed by atoms with Crippen molar-refractivity contribution in [3.63, 3.8) is 0 Å². The number of nitrogens with two attached hydrogens (primary N) is 1. The number of carbonyl (C=O) groups excluding carboxylic acids is 1. The molecule has 3 N–H and O–H groups in total. The topological polar surface area (TPSA) is 102 Å². The monoisotopic (exact) mass is 591 g/mol. The molecule has 1 saturated heterocycles. The Bertz CT molecular complexity index is 1610. The zero-order chi connectivity index (χ0) is 29.4. The summed E-state index contributed by atoms with van der Waals surface area (Å²) in [6, 6.07) is 10.1. The first-order valence-electron chi connectivity index (χ1n) is 14.3. The number of anilines is 2. The van der Waals surface area contributed by atoms with Crippen LogP contribution in [0.25, 0.3) is 22.2 Å². The Morgan fingerprint density at radius 3 is 2.52 bits per heavy atom. The van der Waals surface area contributed by atoms with E-state index >= 15 is 0 Å². The van der Waals surface area contributed by atoms with Crippen molar-refractivity contribution in [1.82, 2.24) is 24.3 Å². The van der Waals surface area contributed by atoms with Gasteiger partial charge in [-0.3, -0.25) is 9.69 Å². The Morgan fingerprint density at radius 1 is 1.05 bits per heavy atom. The number of benzene rings is 2. The van der Waals surface area contributed by atoms with Crippen LogP contribution in [-0.4, -0.2) is 76.6 Å². The molecule has 3 heterocycles. The van der Waals surface area contributed by atoms with Crippen molar-refractivity contribution in [1.29, 1.82) is 0 Å². The molecule has 1 amide bonds. The minimum atomic E-state index is -0.545. The second kappa shape index (κ2) is 11.9. The standard InChI is InChI=1S/C31H35ClFN7O2/c1-38-11-13-39(14-12-38)21-5-7-22(8-6-21)40-17-24(28-29(34)35-18-36-30(28)40)19-3-10-26(27(15-19)42-2)37-31(41)23-16-20(33)4-9-25(23)32/h3-4,9-10,15-18,21-22H,5-8,11-14H2,1-2H3,(H,37,41)(H2,34,35,36). The Kier molecular flexibility index (Phi) is 8.02. The lowest BCUT2D eigenvalue weighted by atomic mass is 9.89. The predicted octanol–water partition coefficient (Wildman–Crippen LogP) is 5.47. The van der Waals surface area contributed by atoms with Crippen molar-refractivity contribution in [2.24, 2.45) is 0 Å². The fourth-order valence-electron chi connectivity index (χ4n) is 6.32. The van der Waals surface area contributed by atoms with E-state index in [1.54, 1.807) is 6.07 Å². The molecule has 220 valence electrons. The summed E-state index contributed by atoms with van der Waals surface area (Å²) in [5.41, 5.74) is 9.46. The second-order valence-corrected chi connectivity index (χ2v) is 11.6. The SMILES string of the molecule is COc1cc(-c2cn(C3CCC(N4CCN(C)CC4)CC3)c3ncnc(N)c23)ccc1NC(=O)c1cc(F)ccc1Cl. The van der Waals surface area contributed by atoms with E-state index < -0.39 is 11.7 Å². The minimum Gasteiger partial charge on any atom is -0.495 e. The zero-order valence-electron chi connectivity index (χ0n) is 23.8. The molecule has 2 aromatic carbocycles. The molecule has 0 spiro atoms. The third-order valence-electron chi connectivity index (χ3n) is 8.69. The van der Waals surface area contributed by atoms with Gasteiger partial charge in [-0.1, -0.05) is 17.7 Å². The van der Waals surface area contributed by atoms with E-state index in [1.165, 1.54) is 25.6 Å². The summed E-state index contributed by atoms with van der Waals surface area (Å²) >= 11 is 6.14. The first-order chi connectivity index (χ1) is 20.3. The lowest BCUT2D eigenvalue weighted by molar-refractivity contribution is 0.0828. The molecule has 0 unspecified atom stereocenters. The van der Waals surface area contributed by atoms with Crippen molar-refractivity contribution < 1.29 is 13.9 Å². The highest BCUT2D eigenvalue weighted by Gasteiger charge is 2.30. The van der Waals surface area contributed by atoms with Crippen LogP contribution in [0.3, 0.4) is 0 Å². The number of hydrogen-bond acceptors (Lipinski definition) is 7. The van der Waals surface area contributed by atoms with Crippen LogP contribution in [0.1, 0.15) is 42.1 Å². The third-order valence-corrected chi connectivity index (χ3v) is 9.02. The molecule has 1 saturated carbocycles. The van der Waals surface area contributed by atoms with Gasteiger partial charge in [-0.25, -0.2) is 14.4 Å². The summed E-state index contributed by atoms with van der Waals surface area (Å²) < 4.78 is 21.7. The van der Waals surface area contributed by atoms with Gasteiger partial charge in [-0.05, 0) is 68.6 Å². The van der Waals surface area contributed by atoms with Crippen molar-refractivity contribution in [2.75, 3.05) is 51.4 Å². The van der Waals surface area contributed by atoms with Gasteiger partial charge >= 0.3 is 0 Å². The minimum absolute atomic E-state index is 0.0399. The molecule has 0 radical (unpaired) electrons. The molecule has 2 aliphatic rings. The fourth-order valence-corrected chi connectivity index (χ4v) is 6.52. The van der Waals surface area contributed by atoms with Gasteiger partial charge in [0.05, 0.1) is 28.8 Å². The molecule has 0 bridgehead atoms. The van der Waals surface area contributed by atoms with Gasteiger partial charge in [-0.2, -0.15) is 0 Å². The average molecular weight is 592 g/mol. The highest BCUT2D eigenvalue weighted by Crippen LogP contribution is 2.41. The van der Waals surface area contributed by atoms with Crippen LogP contribution in [-0.2, 0) is 0 Å². The predicted molar refractivity (Wildman–Crippen MR) is 164 cm³/mol. The number of aromatic nitrogens is 3. The maximum atomic E-state index is 13.8. The van der Waals surface area contributed by atoms with Gasteiger partial charge in [0.15, 0.2) is 0 Å². The third kappa shape index (κ3) is 5.54. The molecule has 2 aromatic heterocycles. The van der Waals surface area contributed by atoms with E-state index in [1.807, 2.05) is 12.1 Å². The van der Waals surface area contributed by atoms with E-state index in [-0.39, 0.29) is 10.6 Å². The largest absolute Gasteiger partial charge is 0.495 e. The normalized spacial score (nSPS) is 20.1. The molecule has 1 aliphatic carbocycles. The van der Waals surface area contributed by atoms with Crippen LogP contribution in [0.15, 0.2) is 48.9 Å². The van der Waals surface area contributed by atoms with E-state index in [4.69, 9.17) is 22.1 Å². The smallest absolute Gasteiger partial charge is 0.257 e. The molecular weight excluding hydrogens is 557 g/mol. The molecule has 6 rings (SSSR count). The Balaban J connectivity index is 1.27. The first-order valence-corrected chi connectivity index (χ1v) is 14.7.